The molecule has 0 heterocycles. The molecule has 1 atom stereocenters. The van der Waals surface area contributed by atoms with Gasteiger partial charge in [-0.3, -0.25) is 4.57 Å². The zero-order chi connectivity index (χ0) is 12.7. The molecule has 0 fully saturated rings. The molecule has 3 nitrogen and oxygen atoms in total. The van der Waals surface area contributed by atoms with Gasteiger partial charge in [-0.15, -0.1) is 0 Å². The third-order valence-electron chi connectivity index (χ3n) is 2.42. The molecular formula is C12H18FO3P. The summed E-state index contributed by atoms with van der Waals surface area (Å²) >= 11 is 0. The largest absolute Gasteiger partial charge is 0.328 e. The molecular weight excluding hydrogens is 242 g/mol. The normalized spacial score (nSPS) is 14.5. The summed E-state index contributed by atoms with van der Waals surface area (Å²) in [4.78, 5) is 9.43. The molecule has 0 bridgehead atoms. The molecule has 1 aromatic carbocycles. The summed E-state index contributed by atoms with van der Waals surface area (Å²) in [7, 11) is -3.48. The van der Waals surface area contributed by atoms with Crippen LogP contribution in [-0.2, 0) is 15.5 Å². The average Bonchev–Trinajstić information content (AvgIpc) is 2.29. The van der Waals surface area contributed by atoms with Crippen molar-refractivity contribution in [1.29, 1.82) is 0 Å². The Bertz CT molecular complexity index is 395. The van der Waals surface area contributed by atoms with Gasteiger partial charge in [0.1, 0.15) is 5.82 Å². The van der Waals surface area contributed by atoms with E-state index in [9.17, 15) is 13.8 Å². The Balaban J connectivity index is 2.37. The van der Waals surface area contributed by atoms with Crippen LogP contribution in [0.4, 0.5) is 4.39 Å². The fourth-order valence-electron chi connectivity index (χ4n) is 1.42. The summed E-state index contributed by atoms with van der Waals surface area (Å²) in [5.74, 6) is -0.308. The number of halogens is 1. The molecule has 0 amide bonds. The Morgan fingerprint density at radius 1 is 1.41 bits per heavy atom. The van der Waals surface area contributed by atoms with Crippen molar-refractivity contribution in [2.24, 2.45) is 0 Å². The lowest BCUT2D eigenvalue weighted by molar-refractivity contribution is 0.261. The third-order valence-corrected chi connectivity index (χ3v) is 3.88. The Kier molecular flexibility index (Phi) is 5.83. The van der Waals surface area contributed by atoms with Crippen LogP contribution in [0.15, 0.2) is 24.3 Å². The predicted octanol–water partition coefficient (Wildman–Crippen LogP) is 3.37. The zero-order valence-corrected chi connectivity index (χ0v) is 10.8. The van der Waals surface area contributed by atoms with Gasteiger partial charge in [-0.25, -0.2) is 4.39 Å². The monoisotopic (exact) mass is 260 g/mol. The van der Waals surface area contributed by atoms with Crippen molar-refractivity contribution in [3.8, 4) is 0 Å². The highest BCUT2D eigenvalue weighted by molar-refractivity contribution is 7.52. The molecule has 1 N–H and O–H groups in total. The number of hydrogen-bond acceptors (Lipinski definition) is 2. The molecule has 0 saturated carbocycles. The molecule has 17 heavy (non-hydrogen) atoms. The van der Waals surface area contributed by atoms with Gasteiger partial charge in [-0.1, -0.05) is 31.5 Å². The first-order chi connectivity index (χ1) is 8.05. The fraction of sp³-hybridized carbons (Fsp3) is 0.500. The van der Waals surface area contributed by atoms with Gasteiger partial charge in [0.2, 0.25) is 0 Å². The summed E-state index contributed by atoms with van der Waals surface area (Å²) in [6, 6.07) is 6.35. The van der Waals surface area contributed by atoms with Crippen molar-refractivity contribution < 1.29 is 18.4 Å². The van der Waals surface area contributed by atoms with Crippen molar-refractivity contribution in [3.05, 3.63) is 35.6 Å². The van der Waals surface area contributed by atoms with Crippen LogP contribution in [0.3, 0.4) is 0 Å². The quantitative estimate of drug-likeness (QED) is 0.764. The van der Waals surface area contributed by atoms with Crippen LogP contribution < -0.4 is 0 Å². The molecule has 0 aromatic heterocycles. The lowest BCUT2D eigenvalue weighted by Crippen LogP contribution is -2.01. The molecule has 0 aliphatic rings. The molecule has 5 heteroatoms. The maximum atomic E-state index is 13.2. The van der Waals surface area contributed by atoms with Crippen molar-refractivity contribution >= 4 is 7.60 Å². The van der Waals surface area contributed by atoms with Gasteiger partial charge in [0.25, 0.3) is 0 Å². The summed E-state index contributed by atoms with van der Waals surface area (Å²) in [6.45, 7) is 2.01. The van der Waals surface area contributed by atoms with E-state index in [4.69, 9.17) is 4.52 Å². The molecule has 96 valence electrons. The fourth-order valence-corrected chi connectivity index (χ4v) is 2.64. The van der Waals surface area contributed by atoms with E-state index < -0.39 is 7.60 Å². The molecule has 0 saturated heterocycles. The first kappa shape index (κ1) is 14.4. The van der Waals surface area contributed by atoms with Crippen LogP contribution in [0, 0.1) is 5.82 Å². The highest BCUT2D eigenvalue weighted by atomic mass is 31.2. The van der Waals surface area contributed by atoms with E-state index in [0.717, 1.165) is 6.42 Å². The van der Waals surface area contributed by atoms with E-state index in [-0.39, 0.29) is 18.6 Å². The molecule has 0 aliphatic carbocycles. The molecule has 1 rings (SSSR count). The van der Waals surface area contributed by atoms with Crippen molar-refractivity contribution in [3.63, 3.8) is 0 Å². The van der Waals surface area contributed by atoms with E-state index in [1.807, 2.05) is 6.92 Å². The summed E-state index contributed by atoms with van der Waals surface area (Å²) < 4.78 is 29.6. The van der Waals surface area contributed by atoms with Gasteiger partial charge in [0.15, 0.2) is 0 Å². The van der Waals surface area contributed by atoms with Crippen LogP contribution in [0.1, 0.15) is 25.3 Å². The van der Waals surface area contributed by atoms with Crippen LogP contribution in [0.5, 0.6) is 0 Å². The van der Waals surface area contributed by atoms with Gasteiger partial charge in [-0.2, -0.15) is 0 Å². The van der Waals surface area contributed by atoms with Crippen LogP contribution in [0.2, 0.25) is 0 Å². The Morgan fingerprint density at radius 2 is 2.12 bits per heavy atom. The Hall–Kier alpha value is -0.700. The summed E-state index contributed by atoms with van der Waals surface area (Å²) in [5.41, 5.74) is 0.503. The molecule has 1 aromatic rings. The Morgan fingerprint density at radius 3 is 2.76 bits per heavy atom. The average molecular weight is 260 g/mol. The molecule has 1 unspecified atom stereocenters. The van der Waals surface area contributed by atoms with Crippen LogP contribution >= 0.6 is 7.60 Å². The minimum absolute atomic E-state index is 0.0679. The van der Waals surface area contributed by atoms with E-state index >= 15 is 0 Å². The second-order valence-corrected chi connectivity index (χ2v) is 5.87. The lowest BCUT2D eigenvalue weighted by atomic mass is 10.1. The van der Waals surface area contributed by atoms with Crippen molar-refractivity contribution in [2.75, 3.05) is 12.8 Å². The SMILES string of the molecule is CCCCP(=O)(O)OCCc1ccccc1F. The highest BCUT2D eigenvalue weighted by Gasteiger charge is 2.17. The van der Waals surface area contributed by atoms with E-state index in [1.54, 1.807) is 18.2 Å². The lowest BCUT2D eigenvalue weighted by Gasteiger charge is -2.11. The van der Waals surface area contributed by atoms with E-state index in [2.05, 4.69) is 0 Å². The molecule has 0 radical (unpaired) electrons. The number of benzene rings is 1. The van der Waals surface area contributed by atoms with Gasteiger partial charge < -0.3 is 9.42 Å². The molecule has 0 aliphatic heterocycles. The number of hydrogen-bond donors (Lipinski definition) is 1. The number of unbranched alkanes of at least 4 members (excludes halogenated alkanes) is 1. The maximum Gasteiger partial charge on any atom is 0.328 e. The van der Waals surface area contributed by atoms with Gasteiger partial charge in [0, 0.05) is 6.16 Å². The van der Waals surface area contributed by atoms with Gasteiger partial charge >= 0.3 is 7.60 Å². The highest BCUT2D eigenvalue weighted by Crippen LogP contribution is 2.42. The van der Waals surface area contributed by atoms with Gasteiger partial charge in [-0.05, 0) is 24.5 Å². The smallest absolute Gasteiger partial charge is 0.324 e. The zero-order valence-electron chi connectivity index (χ0n) is 9.93. The van der Waals surface area contributed by atoms with Crippen molar-refractivity contribution in [2.45, 2.75) is 26.2 Å². The topological polar surface area (TPSA) is 46.5 Å². The second-order valence-electron chi connectivity index (χ2n) is 3.89. The first-order valence-corrected chi connectivity index (χ1v) is 7.51. The number of rotatable bonds is 7. The van der Waals surface area contributed by atoms with Crippen LogP contribution in [-0.4, -0.2) is 17.7 Å². The van der Waals surface area contributed by atoms with Crippen molar-refractivity contribution in [1.82, 2.24) is 0 Å². The van der Waals surface area contributed by atoms with Gasteiger partial charge in [0.05, 0.1) is 6.61 Å². The predicted molar refractivity (Wildman–Crippen MR) is 65.7 cm³/mol. The van der Waals surface area contributed by atoms with Crippen LogP contribution in [0.25, 0.3) is 0 Å². The first-order valence-electron chi connectivity index (χ1n) is 5.75. The minimum Gasteiger partial charge on any atom is -0.324 e. The maximum absolute atomic E-state index is 13.2. The third kappa shape index (κ3) is 5.44. The standard InChI is InChI=1S/C12H18FO3P/c1-2-3-10-17(14,15)16-9-8-11-6-4-5-7-12(11)13/h4-7H,2-3,8-10H2,1H3,(H,14,15). The van der Waals surface area contributed by atoms with E-state index in [0.29, 0.717) is 18.4 Å². The Labute approximate surface area is 101 Å². The van der Waals surface area contributed by atoms with E-state index in [1.165, 1.54) is 6.07 Å². The summed E-state index contributed by atoms with van der Waals surface area (Å²) in [5, 5.41) is 0. The summed E-state index contributed by atoms with van der Waals surface area (Å²) in [6.07, 6.45) is 1.98. The molecule has 0 spiro atoms. The second kappa shape index (κ2) is 6.90. The minimum atomic E-state index is -3.48.